The number of carbonyl (C=O) groups is 5. The number of nitrogens with one attached hydrogen (secondary N) is 1. The van der Waals surface area contributed by atoms with Gasteiger partial charge in [-0.15, -0.1) is 11.3 Å². The summed E-state index contributed by atoms with van der Waals surface area (Å²) >= 11 is 1.52. The molecule has 11 rings (SSSR count). The van der Waals surface area contributed by atoms with Crippen LogP contribution in [0.15, 0.2) is 133 Å². The van der Waals surface area contributed by atoms with Gasteiger partial charge in [0.1, 0.15) is 30.9 Å². The Morgan fingerprint density at radius 2 is 1.34 bits per heavy atom. The highest BCUT2D eigenvalue weighted by molar-refractivity contribution is 7.14. The molecular formula is C77H91F7N8O8S. The Bertz CT molecular complexity index is 3770. The molecule has 5 aromatic carbocycles. The summed E-state index contributed by atoms with van der Waals surface area (Å²) in [5, 5.41) is 2.94. The SMILES string of the molecule is CN(CCN1CCC(OC(=O)Nc2ccccc2-c2ccccc2)CC1)C(=O)CCCCCN(Cc1ccc(C(=O)N(C)CCCN(C)C(=O)CO[C@H]2Cc3ccccc3C23CCN(CC[C@]2(c4ccc(F)cc4)CN(C(=O)c4cc(C(F)(F)F)cc(C(F)(F)F)c4)CO2)CC3)s1)CC1CC1. The van der Waals surface area contributed by atoms with Crippen molar-refractivity contribution in [2.45, 2.75) is 126 Å². The largest absolute Gasteiger partial charge is 0.446 e. The summed E-state index contributed by atoms with van der Waals surface area (Å²) < 4.78 is 116. The third-order valence-corrected chi connectivity index (χ3v) is 21.9. The second-order valence-electron chi connectivity index (χ2n) is 27.9. The number of likely N-dealkylation sites (N-methyl/N-ethyl adjacent to an activating group) is 2. The molecule has 3 saturated heterocycles. The number of thiophene rings is 1. The van der Waals surface area contributed by atoms with Gasteiger partial charge in [-0.2, -0.15) is 26.3 Å². The fourth-order valence-corrected chi connectivity index (χ4v) is 15.7. The molecule has 1 aromatic heterocycles. The Morgan fingerprint density at radius 1 is 0.673 bits per heavy atom. The van der Waals surface area contributed by atoms with Gasteiger partial charge in [0, 0.05) is 108 Å². The van der Waals surface area contributed by atoms with Gasteiger partial charge in [0.25, 0.3) is 11.8 Å². The van der Waals surface area contributed by atoms with Crippen molar-refractivity contribution < 1.29 is 68.9 Å². The minimum atomic E-state index is -5.15. The van der Waals surface area contributed by atoms with Gasteiger partial charge in [0.2, 0.25) is 11.8 Å². The van der Waals surface area contributed by atoms with Crippen LogP contribution in [-0.2, 0) is 60.1 Å². The second kappa shape index (κ2) is 33.1. The summed E-state index contributed by atoms with van der Waals surface area (Å²) in [5.74, 6) is -1.01. The number of likely N-dealkylation sites (tertiary alicyclic amines) is 2. The smallest absolute Gasteiger partial charge is 0.416 e. The number of alkyl halides is 6. The van der Waals surface area contributed by atoms with Crippen molar-refractivity contribution in [3.8, 4) is 11.1 Å². The first-order chi connectivity index (χ1) is 48.4. The molecule has 1 N–H and O–H groups in total. The Hall–Kier alpha value is -7.74. The Morgan fingerprint density at radius 3 is 2.05 bits per heavy atom. The summed E-state index contributed by atoms with van der Waals surface area (Å²) in [4.78, 5) is 82.5. The number of hydrogen-bond donors (Lipinski definition) is 1. The van der Waals surface area contributed by atoms with Crippen LogP contribution in [-0.4, -0.2) is 189 Å². The number of benzene rings is 5. The van der Waals surface area contributed by atoms with Gasteiger partial charge >= 0.3 is 18.4 Å². The highest BCUT2D eigenvalue weighted by Crippen LogP contribution is 2.49. The number of hydrogen-bond acceptors (Lipinski definition) is 12. The van der Waals surface area contributed by atoms with Crippen molar-refractivity contribution in [3.63, 3.8) is 0 Å². The normalized spacial score (nSPS) is 18.8. The van der Waals surface area contributed by atoms with Crippen LogP contribution in [0.1, 0.15) is 130 Å². The van der Waals surface area contributed by atoms with Crippen LogP contribution in [0.5, 0.6) is 0 Å². The maximum Gasteiger partial charge on any atom is 0.416 e. The van der Waals surface area contributed by atoms with E-state index in [2.05, 4.69) is 38.2 Å². The van der Waals surface area contributed by atoms with E-state index >= 15 is 0 Å². The molecule has 5 amide bonds. The fraction of sp³-hybridized carbons (Fsp3) is 0.494. The van der Waals surface area contributed by atoms with E-state index in [0.717, 1.165) is 97.8 Å². The van der Waals surface area contributed by atoms with Gasteiger partial charge < -0.3 is 43.6 Å². The summed E-state index contributed by atoms with van der Waals surface area (Å²) in [6.07, 6.45) is -1.26. The maximum atomic E-state index is 14.3. The molecule has 0 bridgehead atoms. The molecule has 0 radical (unpaired) electrons. The van der Waals surface area contributed by atoms with Gasteiger partial charge in [-0.3, -0.25) is 29.4 Å². The van der Waals surface area contributed by atoms with Gasteiger partial charge in [0.05, 0.1) is 34.3 Å². The van der Waals surface area contributed by atoms with Crippen molar-refractivity contribution in [2.75, 3.05) is 118 Å². The van der Waals surface area contributed by atoms with Crippen LogP contribution in [0.3, 0.4) is 0 Å². The lowest BCUT2D eigenvalue weighted by Gasteiger charge is -2.44. The van der Waals surface area contributed by atoms with E-state index in [1.54, 1.807) is 23.9 Å². The number of piperidine rings is 2. The van der Waals surface area contributed by atoms with E-state index in [9.17, 15) is 54.7 Å². The standard InChI is InChI=1S/C77H91F7N8O8S/c1-86(70(94)51-98-68-47-56-17-9-11-19-65(56)74(68)32-40-90(41-33-74)42-34-75(58-24-26-61(78)27-25-58)52-92(53-99-75)71(95)57-45-59(76(79,80)81)48-60(46-57)77(82,83)84)35-14-36-88(3)72(96)67-29-28-63(101-67)50-91(49-54-22-23-54)37-13-5-8-21-69(93)87(2)43-44-89-38-30-62(31-39-89)100-73(97)85-66-20-12-10-18-64(66)55-15-6-4-7-16-55/h4,6-7,9-12,15-20,24-29,45-46,48,54,62,68H,5,8,13-14,21-23,30-44,47,49-53H2,1-3H3,(H,85,97)/t68-,75+/m0/s1. The number of nitrogens with zero attached hydrogens (tertiary/aromatic N) is 7. The quantitative estimate of drug-likeness (QED) is 0.0353. The molecule has 2 atom stereocenters. The zero-order valence-corrected chi connectivity index (χ0v) is 58.5. The lowest BCUT2D eigenvalue weighted by Crippen LogP contribution is -2.50. The molecule has 1 saturated carbocycles. The van der Waals surface area contributed by atoms with Crippen LogP contribution in [0.4, 0.5) is 41.2 Å². The minimum Gasteiger partial charge on any atom is -0.446 e. The number of unbranched alkanes of at least 4 members (excludes halogenated alkanes) is 2. The van der Waals surface area contributed by atoms with Crippen molar-refractivity contribution >= 4 is 46.7 Å². The Balaban J connectivity index is 0.581. The average Bonchev–Trinajstić information content (AvgIpc) is 1.61. The second-order valence-corrected chi connectivity index (χ2v) is 29.1. The molecule has 101 heavy (non-hydrogen) atoms. The molecule has 0 unspecified atom stereocenters. The van der Waals surface area contributed by atoms with Crippen LogP contribution in [0, 0.1) is 11.7 Å². The van der Waals surface area contributed by atoms with Crippen LogP contribution in [0.25, 0.3) is 11.1 Å². The van der Waals surface area contributed by atoms with Crippen LogP contribution >= 0.6 is 11.3 Å². The first-order valence-corrected chi connectivity index (χ1v) is 36.0. The first-order valence-electron chi connectivity index (χ1n) is 35.2. The monoisotopic (exact) mass is 1420 g/mol. The van der Waals surface area contributed by atoms with Crippen molar-refractivity contribution in [1.82, 2.24) is 34.3 Å². The zero-order valence-electron chi connectivity index (χ0n) is 57.7. The fourth-order valence-electron chi connectivity index (χ4n) is 14.6. The van der Waals surface area contributed by atoms with Crippen molar-refractivity contribution in [3.05, 3.63) is 182 Å². The summed E-state index contributed by atoms with van der Waals surface area (Å²) in [6, 6.07) is 36.0. The lowest BCUT2D eigenvalue weighted by atomic mass is 9.72. The zero-order chi connectivity index (χ0) is 71.5. The lowest BCUT2D eigenvalue weighted by molar-refractivity contribution is -0.143. The predicted molar refractivity (Wildman–Crippen MR) is 372 cm³/mol. The molecule has 16 nitrogen and oxygen atoms in total. The van der Waals surface area contributed by atoms with Gasteiger partial charge in [0.15, 0.2) is 0 Å². The third-order valence-electron chi connectivity index (χ3n) is 20.8. The topological polar surface area (TPSA) is 148 Å². The molecule has 5 aliphatic rings. The van der Waals surface area contributed by atoms with E-state index in [1.165, 1.54) is 54.0 Å². The molecule has 6 aromatic rings. The average molecular weight is 1420 g/mol. The van der Waals surface area contributed by atoms with Gasteiger partial charge in [-0.1, -0.05) is 91.3 Å². The van der Waals surface area contributed by atoms with Crippen molar-refractivity contribution in [2.24, 2.45) is 5.92 Å². The van der Waals surface area contributed by atoms with Crippen LogP contribution < -0.4 is 5.32 Å². The minimum absolute atomic E-state index is 0.0248. The number of halogens is 7. The number of amides is 5. The predicted octanol–water partition coefficient (Wildman–Crippen LogP) is 13.8. The van der Waals surface area contributed by atoms with E-state index in [1.807, 2.05) is 84.7 Å². The number of carbonyl (C=O) groups excluding carboxylic acids is 5. The molecule has 24 heteroatoms. The molecule has 4 fully saturated rings. The van der Waals surface area contributed by atoms with E-state index in [-0.39, 0.29) is 55.6 Å². The van der Waals surface area contributed by atoms with Gasteiger partial charge in [-0.25, -0.2) is 9.18 Å². The third kappa shape index (κ3) is 19.3. The highest BCUT2D eigenvalue weighted by atomic mass is 32.1. The van der Waals surface area contributed by atoms with E-state index < -0.39 is 64.6 Å². The number of ether oxygens (including phenoxy) is 3. The number of rotatable bonds is 29. The Kier molecular flexibility index (Phi) is 24.4. The molecule has 542 valence electrons. The van der Waals surface area contributed by atoms with Crippen molar-refractivity contribution in [1.29, 1.82) is 0 Å². The Labute approximate surface area is 590 Å². The summed E-state index contributed by atoms with van der Waals surface area (Å²) in [6.45, 7) is 7.40. The summed E-state index contributed by atoms with van der Waals surface area (Å²) in [7, 11) is 5.40. The highest BCUT2D eigenvalue weighted by Gasteiger charge is 2.50. The number of para-hydroxylation sites is 1. The number of fused-ring (bicyclic) bond motifs is 2. The van der Waals surface area contributed by atoms with Gasteiger partial charge in [-0.05, 0) is 167 Å². The molecular weight excluding hydrogens is 1330 g/mol. The number of anilines is 1. The molecule has 2 aliphatic carbocycles. The van der Waals surface area contributed by atoms with E-state index in [4.69, 9.17) is 14.2 Å². The molecule has 1 spiro atoms. The summed E-state index contributed by atoms with van der Waals surface area (Å²) in [5.41, 5.74) is -0.198. The van der Waals surface area contributed by atoms with E-state index in [0.29, 0.717) is 106 Å². The van der Waals surface area contributed by atoms with Crippen LogP contribution in [0.2, 0.25) is 0 Å². The maximum absolute atomic E-state index is 14.3. The first kappa shape index (κ1) is 74.4. The molecule has 3 aliphatic heterocycles. The molecule has 4 heterocycles.